The Hall–Kier alpha value is -1.56. The topological polar surface area (TPSA) is 0 Å². The minimum Gasteiger partial charge on any atom is -0.103 e. The zero-order valence-electron chi connectivity index (χ0n) is 18.2. The molecule has 0 aliphatic heterocycles. The largest absolute Gasteiger partial charge is 0.103 e. The third-order valence-electron chi connectivity index (χ3n) is 6.30. The molecular formula is C28H42. The van der Waals surface area contributed by atoms with Crippen LogP contribution in [0.3, 0.4) is 0 Å². The van der Waals surface area contributed by atoms with Gasteiger partial charge >= 0.3 is 0 Å². The Kier molecular flexibility index (Phi) is 11.7. The number of rotatable bonds is 8. The second-order valence-corrected chi connectivity index (χ2v) is 8.80. The standard InChI is InChI=1S/C22H34.C6H8/c1-3-20(17-18-21-10-5-4-6-11-21)9-7-8-12-22-15-13-19(2)14-16-22;1-2-4-6-5-3-1/h3,5,7-8,10-11,19-20,22H,1,4,6,9,12-18H2,2H3;1-4H,5-6H2/b8-7+;. The lowest BCUT2D eigenvalue weighted by Crippen LogP contribution is -2.11. The van der Waals surface area contributed by atoms with E-state index >= 15 is 0 Å². The molecule has 0 nitrogen and oxygen atoms in total. The predicted molar refractivity (Wildman–Crippen MR) is 126 cm³/mol. The number of allylic oxidation sites excluding steroid dienone is 11. The smallest absolute Gasteiger partial charge is 0.0198 e. The molecule has 3 aliphatic carbocycles. The normalized spacial score (nSPS) is 25.1. The van der Waals surface area contributed by atoms with Crippen LogP contribution >= 0.6 is 0 Å². The molecule has 154 valence electrons. The maximum Gasteiger partial charge on any atom is -0.0198 e. The van der Waals surface area contributed by atoms with Crippen LogP contribution in [0.5, 0.6) is 0 Å². The van der Waals surface area contributed by atoms with E-state index in [9.17, 15) is 0 Å². The van der Waals surface area contributed by atoms with E-state index in [1.54, 1.807) is 0 Å². The molecule has 0 N–H and O–H groups in total. The van der Waals surface area contributed by atoms with Gasteiger partial charge in [0.2, 0.25) is 0 Å². The van der Waals surface area contributed by atoms with Gasteiger partial charge in [-0.15, -0.1) is 6.58 Å². The van der Waals surface area contributed by atoms with Gasteiger partial charge in [-0.05, 0) is 82.0 Å². The zero-order chi connectivity index (χ0) is 19.9. The Morgan fingerprint density at radius 3 is 2.25 bits per heavy atom. The van der Waals surface area contributed by atoms with E-state index in [-0.39, 0.29) is 0 Å². The first-order valence-corrected chi connectivity index (χ1v) is 11.7. The predicted octanol–water partition coefficient (Wildman–Crippen LogP) is 8.90. The Morgan fingerprint density at radius 2 is 1.68 bits per heavy atom. The van der Waals surface area contributed by atoms with Gasteiger partial charge in [0.1, 0.15) is 0 Å². The van der Waals surface area contributed by atoms with Crippen LogP contribution in [0.1, 0.15) is 84.0 Å². The Bertz CT molecular complexity index is 549. The highest BCUT2D eigenvalue weighted by Crippen LogP contribution is 2.30. The van der Waals surface area contributed by atoms with Crippen LogP contribution in [-0.4, -0.2) is 0 Å². The minimum atomic E-state index is 0.638. The van der Waals surface area contributed by atoms with Crippen molar-refractivity contribution >= 4 is 0 Å². The Labute approximate surface area is 174 Å². The molecule has 1 saturated carbocycles. The average molecular weight is 379 g/mol. The van der Waals surface area contributed by atoms with Crippen LogP contribution in [0.15, 0.2) is 72.9 Å². The fourth-order valence-corrected chi connectivity index (χ4v) is 4.20. The molecule has 3 rings (SSSR count). The molecule has 0 saturated heterocycles. The van der Waals surface area contributed by atoms with Crippen LogP contribution in [0.25, 0.3) is 0 Å². The molecule has 28 heavy (non-hydrogen) atoms. The van der Waals surface area contributed by atoms with E-state index in [0.29, 0.717) is 5.92 Å². The van der Waals surface area contributed by atoms with Crippen molar-refractivity contribution in [1.29, 1.82) is 0 Å². The molecule has 1 unspecified atom stereocenters. The van der Waals surface area contributed by atoms with Crippen LogP contribution in [0.4, 0.5) is 0 Å². The molecule has 0 bridgehead atoms. The lowest BCUT2D eigenvalue weighted by Gasteiger charge is -2.25. The molecule has 1 atom stereocenters. The Balaban J connectivity index is 0.000000397. The lowest BCUT2D eigenvalue weighted by atomic mass is 9.81. The van der Waals surface area contributed by atoms with Gasteiger partial charge < -0.3 is 0 Å². The van der Waals surface area contributed by atoms with Gasteiger partial charge in [-0.3, -0.25) is 0 Å². The molecule has 0 spiro atoms. The fraction of sp³-hybridized carbons (Fsp3) is 0.571. The van der Waals surface area contributed by atoms with E-state index in [1.165, 1.54) is 82.6 Å². The first kappa shape index (κ1) is 22.7. The van der Waals surface area contributed by atoms with Crippen LogP contribution in [0, 0.1) is 17.8 Å². The average Bonchev–Trinajstić information content (AvgIpc) is 2.77. The van der Waals surface area contributed by atoms with Crippen molar-refractivity contribution in [2.75, 3.05) is 0 Å². The van der Waals surface area contributed by atoms with Gasteiger partial charge in [0.25, 0.3) is 0 Å². The zero-order valence-corrected chi connectivity index (χ0v) is 18.2. The molecule has 0 amide bonds. The van der Waals surface area contributed by atoms with E-state index in [1.807, 2.05) is 0 Å². The monoisotopic (exact) mass is 378 g/mol. The molecule has 0 aromatic rings. The van der Waals surface area contributed by atoms with E-state index < -0.39 is 0 Å². The summed E-state index contributed by atoms with van der Waals surface area (Å²) in [6.07, 6.45) is 38.2. The third-order valence-corrected chi connectivity index (χ3v) is 6.30. The fourth-order valence-electron chi connectivity index (χ4n) is 4.20. The first-order valence-electron chi connectivity index (χ1n) is 11.7. The van der Waals surface area contributed by atoms with Crippen molar-refractivity contribution in [3.05, 3.63) is 72.9 Å². The summed E-state index contributed by atoms with van der Waals surface area (Å²) >= 11 is 0. The van der Waals surface area contributed by atoms with E-state index in [4.69, 9.17) is 0 Å². The highest BCUT2D eigenvalue weighted by atomic mass is 14.2. The summed E-state index contributed by atoms with van der Waals surface area (Å²) in [6, 6.07) is 0. The summed E-state index contributed by atoms with van der Waals surface area (Å²) in [5.74, 6) is 2.56. The quantitative estimate of drug-likeness (QED) is 0.370. The van der Waals surface area contributed by atoms with Gasteiger partial charge in [0.05, 0.1) is 0 Å². The number of hydrogen-bond donors (Lipinski definition) is 0. The van der Waals surface area contributed by atoms with Crippen molar-refractivity contribution in [2.24, 2.45) is 17.8 Å². The summed E-state index contributed by atoms with van der Waals surface area (Å²) in [4.78, 5) is 0. The summed E-state index contributed by atoms with van der Waals surface area (Å²) in [7, 11) is 0. The highest BCUT2D eigenvalue weighted by molar-refractivity contribution is 5.22. The molecular weight excluding hydrogens is 336 g/mol. The van der Waals surface area contributed by atoms with Gasteiger partial charge in [-0.25, -0.2) is 0 Å². The van der Waals surface area contributed by atoms with Crippen molar-refractivity contribution in [3.8, 4) is 0 Å². The summed E-state index contributed by atoms with van der Waals surface area (Å²) < 4.78 is 0. The van der Waals surface area contributed by atoms with Crippen LogP contribution < -0.4 is 0 Å². The van der Waals surface area contributed by atoms with Crippen LogP contribution in [-0.2, 0) is 0 Å². The molecule has 1 fully saturated rings. The van der Waals surface area contributed by atoms with Crippen molar-refractivity contribution in [2.45, 2.75) is 84.0 Å². The Morgan fingerprint density at radius 1 is 0.964 bits per heavy atom. The van der Waals surface area contributed by atoms with E-state index in [2.05, 4.69) is 74.3 Å². The molecule has 0 aromatic heterocycles. The molecule has 0 heteroatoms. The van der Waals surface area contributed by atoms with Gasteiger partial charge in [-0.2, -0.15) is 0 Å². The van der Waals surface area contributed by atoms with Crippen molar-refractivity contribution in [1.82, 2.24) is 0 Å². The van der Waals surface area contributed by atoms with Crippen LogP contribution in [0.2, 0.25) is 0 Å². The van der Waals surface area contributed by atoms with E-state index in [0.717, 1.165) is 11.8 Å². The highest BCUT2D eigenvalue weighted by Gasteiger charge is 2.16. The van der Waals surface area contributed by atoms with Gasteiger partial charge in [0, 0.05) is 0 Å². The molecule has 3 aliphatic rings. The lowest BCUT2D eigenvalue weighted by molar-refractivity contribution is 0.292. The van der Waals surface area contributed by atoms with Crippen molar-refractivity contribution < 1.29 is 0 Å². The second kappa shape index (κ2) is 14.4. The first-order chi connectivity index (χ1) is 13.8. The van der Waals surface area contributed by atoms with Gasteiger partial charge in [0.15, 0.2) is 0 Å². The maximum atomic E-state index is 4.03. The summed E-state index contributed by atoms with van der Waals surface area (Å²) in [5, 5.41) is 0. The minimum absolute atomic E-state index is 0.638. The number of hydrogen-bond acceptors (Lipinski definition) is 0. The molecule has 0 radical (unpaired) electrons. The SMILES string of the molecule is C1=CCCC=C1.C=CC(C/C=C/CC1CCC(C)CC1)CCC1=CCCC=C1. The summed E-state index contributed by atoms with van der Waals surface area (Å²) in [6.45, 7) is 6.43. The van der Waals surface area contributed by atoms with Gasteiger partial charge in [-0.1, -0.05) is 86.1 Å². The summed E-state index contributed by atoms with van der Waals surface area (Å²) in [5.41, 5.74) is 1.53. The molecule has 0 heterocycles. The third kappa shape index (κ3) is 10.1. The van der Waals surface area contributed by atoms with Crippen molar-refractivity contribution in [3.63, 3.8) is 0 Å². The second-order valence-electron chi connectivity index (χ2n) is 8.80. The maximum absolute atomic E-state index is 4.03. The molecule has 0 aromatic carbocycles.